The molecule has 0 aliphatic carbocycles. The van der Waals surface area contributed by atoms with E-state index in [0.717, 1.165) is 0 Å². The number of hydrogen-bond donors (Lipinski definition) is 0. The van der Waals surface area contributed by atoms with Crippen LogP contribution in [0, 0.1) is 0 Å². The fourth-order valence-electron chi connectivity index (χ4n) is 3.21. The minimum Gasteiger partial charge on any atom is -0.359 e. The molecule has 0 amide bonds. The Balaban J connectivity index is 1.18. The number of rotatable bonds is 4. The van der Waals surface area contributed by atoms with E-state index in [1.54, 1.807) is 0 Å². The molecule has 2 saturated heterocycles. The number of carbonyl (C=O) groups is 2. The summed E-state index contributed by atoms with van der Waals surface area (Å²) in [6.45, 7) is 2.34. The molecule has 0 spiro atoms. The molecule has 2 aromatic rings. The summed E-state index contributed by atoms with van der Waals surface area (Å²) in [4.78, 5) is 33.9. The summed E-state index contributed by atoms with van der Waals surface area (Å²) < 4.78 is 0. The molecule has 6 nitrogen and oxygen atoms in total. The van der Waals surface area contributed by atoms with Crippen LogP contribution in [0.5, 0.6) is 0 Å². The molecule has 0 unspecified atom stereocenters. The standard InChI is InChI=1S/C20H20N2O4/c23-19(25-21-11-17(12-21)15-7-3-1-4-8-15)20(24)26-22-13-18(14-22)16-9-5-2-6-10-16/h1-10,17-18H,11-14H2. The Morgan fingerprint density at radius 1 is 0.654 bits per heavy atom. The first kappa shape index (κ1) is 16.8. The van der Waals surface area contributed by atoms with Crippen LogP contribution in [0.2, 0.25) is 0 Å². The van der Waals surface area contributed by atoms with Crippen molar-refractivity contribution in [2.75, 3.05) is 26.2 Å². The summed E-state index contributed by atoms with van der Waals surface area (Å²) in [5, 5.41) is 2.98. The summed E-state index contributed by atoms with van der Waals surface area (Å²) in [6.07, 6.45) is 0. The zero-order valence-corrected chi connectivity index (χ0v) is 14.3. The Bertz CT molecular complexity index is 701. The average Bonchev–Trinajstić information content (AvgIpc) is 2.61. The predicted octanol–water partition coefficient (Wildman–Crippen LogP) is 2.10. The molecule has 2 aliphatic heterocycles. The van der Waals surface area contributed by atoms with Gasteiger partial charge >= 0.3 is 11.9 Å². The summed E-state index contributed by atoms with van der Waals surface area (Å²) in [6, 6.07) is 20.1. The summed E-state index contributed by atoms with van der Waals surface area (Å²) in [5.41, 5.74) is 2.41. The Hall–Kier alpha value is -2.70. The van der Waals surface area contributed by atoms with Crippen LogP contribution in [-0.2, 0) is 19.3 Å². The number of carbonyl (C=O) groups excluding carboxylic acids is 2. The molecule has 2 fully saturated rings. The van der Waals surface area contributed by atoms with Gasteiger partial charge in [-0.15, -0.1) is 10.1 Å². The van der Waals surface area contributed by atoms with E-state index in [1.165, 1.54) is 21.3 Å². The van der Waals surface area contributed by atoms with Gasteiger partial charge in [0.1, 0.15) is 0 Å². The summed E-state index contributed by atoms with van der Waals surface area (Å²) >= 11 is 0. The van der Waals surface area contributed by atoms with Crippen LogP contribution in [-0.4, -0.2) is 48.2 Å². The maximum atomic E-state index is 11.9. The molecular weight excluding hydrogens is 332 g/mol. The molecule has 2 aliphatic rings. The number of nitrogens with zero attached hydrogens (tertiary/aromatic N) is 2. The minimum absolute atomic E-state index is 0.321. The van der Waals surface area contributed by atoms with E-state index in [4.69, 9.17) is 9.68 Å². The van der Waals surface area contributed by atoms with Gasteiger partial charge in [-0.1, -0.05) is 60.7 Å². The SMILES string of the molecule is O=C(ON1CC(c2ccccc2)C1)C(=O)ON1CC(c2ccccc2)C1. The van der Waals surface area contributed by atoms with Crippen LogP contribution in [0.15, 0.2) is 60.7 Å². The van der Waals surface area contributed by atoms with Gasteiger partial charge in [0.25, 0.3) is 0 Å². The third-order valence-electron chi connectivity index (χ3n) is 4.83. The van der Waals surface area contributed by atoms with E-state index in [9.17, 15) is 9.59 Å². The van der Waals surface area contributed by atoms with Gasteiger partial charge in [0.05, 0.1) is 0 Å². The Kier molecular flexibility index (Phi) is 4.69. The van der Waals surface area contributed by atoms with E-state index >= 15 is 0 Å². The van der Waals surface area contributed by atoms with Gasteiger partial charge in [0, 0.05) is 38.0 Å². The lowest BCUT2D eigenvalue weighted by Gasteiger charge is -2.38. The maximum absolute atomic E-state index is 11.9. The topological polar surface area (TPSA) is 59.1 Å². The van der Waals surface area contributed by atoms with E-state index in [-0.39, 0.29) is 0 Å². The highest BCUT2D eigenvalue weighted by molar-refractivity contribution is 6.29. The second kappa shape index (κ2) is 7.27. The van der Waals surface area contributed by atoms with Gasteiger partial charge in [-0.3, -0.25) is 0 Å². The van der Waals surface area contributed by atoms with E-state index in [0.29, 0.717) is 38.0 Å². The van der Waals surface area contributed by atoms with Crippen molar-refractivity contribution in [3.8, 4) is 0 Å². The highest BCUT2D eigenvalue weighted by Gasteiger charge is 2.36. The fourth-order valence-corrected chi connectivity index (χ4v) is 3.21. The van der Waals surface area contributed by atoms with Crippen molar-refractivity contribution >= 4 is 11.9 Å². The van der Waals surface area contributed by atoms with E-state index in [1.807, 2.05) is 60.7 Å². The van der Waals surface area contributed by atoms with Crippen molar-refractivity contribution < 1.29 is 19.3 Å². The molecule has 0 radical (unpaired) electrons. The quantitative estimate of drug-likeness (QED) is 0.786. The molecule has 0 atom stereocenters. The lowest BCUT2D eigenvalue weighted by molar-refractivity contribution is -0.238. The third kappa shape index (κ3) is 3.61. The average molecular weight is 352 g/mol. The molecule has 6 heteroatoms. The minimum atomic E-state index is -0.973. The van der Waals surface area contributed by atoms with Crippen molar-refractivity contribution in [2.24, 2.45) is 0 Å². The predicted molar refractivity (Wildman–Crippen MR) is 93.7 cm³/mol. The van der Waals surface area contributed by atoms with Crippen LogP contribution < -0.4 is 0 Å². The Labute approximate surface area is 151 Å². The summed E-state index contributed by atoms with van der Waals surface area (Å²) in [7, 11) is 0. The van der Waals surface area contributed by atoms with Crippen molar-refractivity contribution in [3.05, 3.63) is 71.8 Å². The lowest BCUT2D eigenvalue weighted by atomic mass is 9.93. The number of hydroxylamine groups is 4. The monoisotopic (exact) mass is 352 g/mol. The van der Waals surface area contributed by atoms with E-state index in [2.05, 4.69) is 0 Å². The second-order valence-corrected chi connectivity index (χ2v) is 6.67. The van der Waals surface area contributed by atoms with Gasteiger partial charge in [-0.05, 0) is 11.1 Å². The molecule has 0 N–H and O–H groups in total. The first-order valence-electron chi connectivity index (χ1n) is 8.73. The zero-order valence-electron chi connectivity index (χ0n) is 14.3. The van der Waals surface area contributed by atoms with Gasteiger partial charge < -0.3 is 9.68 Å². The zero-order chi connectivity index (χ0) is 17.9. The molecule has 4 rings (SSSR count). The van der Waals surface area contributed by atoms with Crippen LogP contribution in [0.3, 0.4) is 0 Å². The number of hydrogen-bond acceptors (Lipinski definition) is 6. The van der Waals surface area contributed by atoms with Crippen molar-refractivity contribution in [1.29, 1.82) is 0 Å². The molecule has 2 heterocycles. The fraction of sp³-hybridized carbons (Fsp3) is 0.300. The Morgan fingerprint density at radius 3 is 1.35 bits per heavy atom. The molecule has 0 aromatic heterocycles. The molecular formula is C20H20N2O4. The normalized spacial score (nSPS) is 18.6. The Morgan fingerprint density at radius 2 is 1.00 bits per heavy atom. The third-order valence-corrected chi connectivity index (χ3v) is 4.83. The van der Waals surface area contributed by atoms with Gasteiger partial charge in [-0.25, -0.2) is 9.59 Å². The number of benzene rings is 2. The highest BCUT2D eigenvalue weighted by Crippen LogP contribution is 2.28. The van der Waals surface area contributed by atoms with Crippen LogP contribution in [0.1, 0.15) is 23.0 Å². The van der Waals surface area contributed by atoms with Crippen molar-refractivity contribution in [3.63, 3.8) is 0 Å². The molecule has 134 valence electrons. The smallest absolute Gasteiger partial charge is 0.359 e. The maximum Gasteiger partial charge on any atom is 0.438 e. The van der Waals surface area contributed by atoms with E-state index < -0.39 is 11.9 Å². The molecule has 0 bridgehead atoms. The summed E-state index contributed by atoms with van der Waals surface area (Å²) in [5.74, 6) is -1.30. The first-order chi connectivity index (χ1) is 12.7. The van der Waals surface area contributed by atoms with Crippen LogP contribution >= 0.6 is 0 Å². The lowest BCUT2D eigenvalue weighted by Crippen LogP contribution is -2.49. The van der Waals surface area contributed by atoms with Crippen LogP contribution in [0.25, 0.3) is 0 Å². The van der Waals surface area contributed by atoms with Crippen LogP contribution in [0.4, 0.5) is 0 Å². The molecule has 26 heavy (non-hydrogen) atoms. The van der Waals surface area contributed by atoms with Crippen molar-refractivity contribution in [2.45, 2.75) is 11.8 Å². The highest BCUT2D eigenvalue weighted by atomic mass is 16.8. The van der Waals surface area contributed by atoms with Gasteiger partial charge in [0.15, 0.2) is 0 Å². The molecule has 2 aromatic carbocycles. The second-order valence-electron chi connectivity index (χ2n) is 6.67. The van der Waals surface area contributed by atoms with Gasteiger partial charge in [-0.2, -0.15) is 0 Å². The molecule has 0 saturated carbocycles. The largest absolute Gasteiger partial charge is 0.438 e. The van der Waals surface area contributed by atoms with Crippen molar-refractivity contribution in [1.82, 2.24) is 10.1 Å². The van der Waals surface area contributed by atoms with Gasteiger partial charge in [0.2, 0.25) is 0 Å². The first-order valence-corrected chi connectivity index (χ1v) is 8.73.